The third-order valence-electron chi connectivity index (χ3n) is 7.39. The number of anilines is 3. The van der Waals surface area contributed by atoms with E-state index in [-0.39, 0.29) is 5.91 Å². The summed E-state index contributed by atoms with van der Waals surface area (Å²) >= 11 is 1.57. The van der Waals surface area contributed by atoms with E-state index >= 15 is 0 Å². The van der Waals surface area contributed by atoms with E-state index in [9.17, 15) is 4.79 Å². The number of amides is 1. The highest BCUT2D eigenvalue weighted by Crippen LogP contribution is 2.44. The summed E-state index contributed by atoms with van der Waals surface area (Å²) in [6.07, 6.45) is 10.3. The molecule has 1 aliphatic heterocycles. The molecular weight excluding hydrogens is 458 g/mol. The Bertz CT molecular complexity index is 1180. The SMILES string of the molecule is CC1CCC(c2c(C(=O)N(C)C)sc3cnc(Nc4ncc(N5CCN(C)CC5)cn4)cc23)CC1. The minimum absolute atomic E-state index is 0.0807. The molecule has 1 saturated carbocycles. The maximum Gasteiger partial charge on any atom is 0.263 e. The monoisotopic (exact) mass is 493 g/mol. The molecule has 9 heteroatoms. The van der Waals surface area contributed by atoms with Crippen molar-refractivity contribution in [3.8, 4) is 0 Å². The van der Waals surface area contributed by atoms with Crippen molar-refractivity contribution in [2.45, 2.75) is 38.5 Å². The van der Waals surface area contributed by atoms with E-state index in [4.69, 9.17) is 0 Å². The Morgan fingerprint density at radius 2 is 1.71 bits per heavy atom. The smallest absolute Gasteiger partial charge is 0.263 e. The van der Waals surface area contributed by atoms with Gasteiger partial charge < -0.3 is 20.0 Å². The van der Waals surface area contributed by atoms with Crippen LogP contribution in [0.5, 0.6) is 0 Å². The van der Waals surface area contributed by atoms with Crippen LogP contribution in [0.3, 0.4) is 0 Å². The van der Waals surface area contributed by atoms with Crippen molar-refractivity contribution in [3.63, 3.8) is 0 Å². The van der Waals surface area contributed by atoms with Gasteiger partial charge in [0.1, 0.15) is 5.82 Å². The van der Waals surface area contributed by atoms with E-state index in [2.05, 4.69) is 50.1 Å². The van der Waals surface area contributed by atoms with E-state index in [1.165, 1.54) is 18.4 Å². The highest BCUT2D eigenvalue weighted by Gasteiger charge is 2.29. The van der Waals surface area contributed by atoms with Crippen LogP contribution >= 0.6 is 11.3 Å². The number of nitrogens with one attached hydrogen (secondary N) is 1. The molecule has 35 heavy (non-hydrogen) atoms. The van der Waals surface area contributed by atoms with Gasteiger partial charge in [0.05, 0.1) is 27.7 Å². The normalized spacial score (nSPS) is 21.3. The number of pyridine rings is 1. The number of likely N-dealkylation sites (N-methyl/N-ethyl adjacent to an activating group) is 1. The van der Waals surface area contributed by atoms with Gasteiger partial charge in [0, 0.05) is 51.9 Å². The Kier molecular flexibility index (Phi) is 6.88. The van der Waals surface area contributed by atoms with Gasteiger partial charge in [-0.15, -0.1) is 11.3 Å². The van der Waals surface area contributed by atoms with E-state index < -0.39 is 0 Å². The van der Waals surface area contributed by atoms with Crippen LogP contribution in [0.25, 0.3) is 10.1 Å². The average Bonchev–Trinajstić information content (AvgIpc) is 3.24. The largest absolute Gasteiger partial charge is 0.366 e. The molecule has 0 atom stereocenters. The summed E-state index contributed by atoms with van der Waals surface area (Å²) in [5, 5.41) is 4.41. The number of hydrogen-bond acceptors (Lipinski definition) is 8. The third kappa shape index (κ3) is 5.11. The van der Waals surface area contributed by atoms with Gasteiger partial charge in [-0.1, -0.05) is 19.8 Å². The van der Waals surface area contributed by atoms with Crippen molar-refractivity contribution in [2.75, 3.05) is 57.5 Å². The number of rotatable bonds is 5. The molecule has 0 aromatic carbocycles. The predicted molar refractivity (Wildman–Crippen MR) is 143 cm³/mol. The van der Waals surface area contributed by atoms with Crippen LogP contribution < -0.4 is 10.2 Å². The van der Waals surface area contributed by atoms with E-state index in [0.29, 0.717) is 17.7 Å². The van der Waals surface area contributed by atoms with Gasteiger partial charge in [0.15, 0.2) is 0 Å². The summed E-state index contributed by atoms with van der Waals surface area (Å²) in [6.45, 7) is 6.39. The predicted octanol–water partition coefficient (Wildman–Crippen LogP) is 4.58. The van der Waals surface area contributed by atoms with Crippen molar-refractivity contribution in [1.29, 1.82) is 0 Å². The Morgan fingerprint density at radius 1 is 1.03 bits per heavy atom. The van der Waals surface area contributed by atoms with Crippen molar-refractivity contribution in [1.82, 2.24) is 24.8 Å². The fourth-order valence-electron chi connectivity index (χ4n) is 5.13. The molecule has 5 rings (SSSR count). The van der Waals surface area contributed by atoms with Gasteiger partial charge in [-0.05, 0) is 43.4 Å². The molecule has 3 aromatic heterocycles. The highest BCUT2D eigenvalue weighted by atomic mass is 32.1. The van der Waals surface area contributed by atoms with Crippen molar-refractivity contribution < 1.29 is 4.79 Å². The van der Waals surface area contributed by atoms with Crippen molar-refractivity contribution >= 4 is 44.8 Å². The number of carbonyl (C=O) groups excluding carboxylic acids is 1. The first-order valence-electron chi connectivity index (χ1n) is 12.6. The number of carbonyl (C=O) groups is 1. The molecule has 4 heterocycles. The summed E-state index contributed by atoms with van der Waals surface area (Å²) in [4.78, 5) is 34.0. The molecule has 1 saturated heterocycles. The maximum atomic E-state index is 13.1. The zero-order chi connectivity index (χ0) is 24.5. The van der Waals surface area contributed by atoms with Gasteiger partial charge in [0.25, 0.3) is 5.91 Å². The second-order valence-corrected chi connectivity index (χ2v) is 11.3. The van der Waals surface area contributed by atoms with Crippen molar-refractivity contribution in [3.05, 3.63) is 35.1 Å². The van der Waals surface area contributed by atoms with Crippen LogP contribution in [-0.2, 0) is 0 Å². The van der Waals surface area contributed by atoms with Gasteiger partial charge in [-0.3, -0.25) is 4.79 Å². The number of thiophene rings is 1. The molecule has 0 unspecified atom stereocenters. The van der Waals surface area contributed by atoms with Gasteiger partial charge >= 0.3 is 0 Å². The highest BCUT2D eigenvalue weighted by molar-refractivity contribution is 7.21. The van der Waals surface area contributed by atoms with Gasteiger partial charge in [-0.2, -0.15) is 0 Å². The zero-order valence-electron chi connectivity index (χ0n) is 21.1. The minimum Gasteiger partial charge on any atom is -0.366 e. The number of hydrogen-bond donors (Lipinski definition) is 1. The molecule has 0 bridgehead atoms. The molecule has 2 fully saturated rings. The summed E-state index contributed by atoms with van der Waals surface area (Å²) in [6, 6.07) is 2.07. The molecular formula is C26H35N7OS. The molecule has 3 aromatic rings. The number of nitrogens with zero attached hydrogens (tertiary/aromatic N) is 6. The Hall–Kier alpha value is -2.78. The van der Waals surface area contributed by atoms with E-state index in [0.717, 1.165) is 65.6 Å². The quantitative estimate of drug-likeness (QED) is 0.558. The first-order valence-corrected chi connectivity index (χ1v) is 13.4. The first-order chi connectivity index (χ1) is 16.9. The van der Waals surface area contributed by atoms with Crippen LogP contribution in [-0.4, -0.2) is 78.0 Å². The number of piperazine rings is 1. The molecule has 1 N–H and O–H groups in total. The Morgan fingerprint density at radius 3 is 2.37 bits per heavy atom. The summed E-state index contributed by atoms with van der Waals surface area (Å²) < 4.78 is 1.06. The fourth-order valence-corrected chi connectivity index (χ4v) is 6.40. The van der Waals surface area contributed by atoms with Crippen LogP contribution in [0, 0.1) is 5.92 Å². The Balaban J connectivity index is 1.41. The maximum absolute atomic E-state index is 13.1. The second kappa shape index (κ2) is 10.1. The standard InChI is InChI=1S/C26H35N7OS/c1-17-5-7-18(8-6-17)23-20-13-22(27-16-21(20)35-24(23)25(34)31(2)3)30-26-28-14-19(15-29-26)33-11-9-32(4)10-12-33/h13-18H,5-12H2,1-4H3,(H,27,28,29,30). The lowest BCUT2D eigenvalue weighted by Gasteiger charge is -2.33. The summed E-state index contributed by atoms with van der Waals surface area (Å²) in [7, 11) is 5.80. The Labute approximate surface area is 211 Å². The topological polar surface area (TPSA) is 77.5 Å². The molecule has 1 amide bonds. The van der Waals surface area contributed by atoms with Gasteiger partial charge in [0.2, 0.25) is 5.95 Å². The van der Waals surface area contributed by atoms with Crippen LogP contribution in [0.15, 0.2) is 24.7 Å². The van der Waals surface area contributed by atoms with E-state index in [1.54, 1.807) is 16.2 Å². The lowest BCUT2D eigenvalue weighted by Crippen LogP contribution is -2.44. The van der Waals surface area contributed by atoms with E-state index in [1.807, 2.05) is 32.7 Å². The van der Waals surface area contributed by atoms with Crippen LogP contribution in [0.2, 0.25) is 0 Å². The average molecular weight is 494 g/mol. The van der Waals surface area contributed by atoms with Gasteiger partial charge in [-0.25, -0.2) is 15.0 Å². The molecule has 186 valence electrons. The molecule has 0 radical (unpaired) electrons. The molecule has 2 aliphatic rings. The number of fused-ring (bicyclic) bond motifs is 1. The lowest BCUT2D eigenvalue weighted by atomic mass is 9.78. The summed E-state index contributed by atoms with van der Waals surface area (Å²) in [5.74, 6) is 2.49. The zero-order valence-corrected chi connectivity index (χ0v) is 21.9. The molecule has 0 spiro atoms. The minimum atomic E-state index is 0.0807. The lowest BCUT2D eigenvalue weighted by molar-refractivity contribution is 0.0830. The molecule has 1 aliphatic carbocycles. The fraction of sp³-hybridized carbons (Fsp3) is 0.538. The molecule has 8 nitrogen and oxygen atoms in total. The second-order valence-electron chi connectivity index (χ2n) is 10.2. The van der Waals surface area contributed by atoms with Crippen LogP contribution in [0.4, 0.5) is 17.5 Å². The van der Waals surface area contributed by atoms with Crippen molar-refractivity contribution in [2.24, 2.45) is 5.92 Å². The number of aromatic nitrogens is 3. The van der Waals surface area contributed by atoms with Crippen LogP contribution in [0.1, 0.15) is 53.8 Å². The third-order valence-corrected chi connectivity index (χ3v) is 8.53. The summed E-state index contributed by atoms with van der Waals surface area (Å²) in [5.41, 5.74) is 2.25. The first kappa shape index (κ1) is 23.9.